The summed E-state index contributed by atoms with van der Waals surface area (Å²) in [6.07, 6.45) is 3.72. The third kappa shape index (κ3) is 3.53. The summed E-state index contributed by atoms with van der Waals surface area (Å²) in [7, 11) is 0. The summed E-state index contributed by atoms with van der Waals surface area (Å²) in [5.41, 5.74) is 0.795. The summed E-state index contributed by atoms with van der Waals surface area (Å²) in [5.74, 6) is -0.394. The second-order valence-electron chi connectivity index (χ2n) is 3.00. The van der Waals surface area contributed by atoms with E-state index in [0.29, 0.717) is 17.7 Å². The Hall–Kier alpha value is -1.66. The summed E-state index contributed by atoms with van der Waals surface area (Å²) in [5, 5.41) is 8.54. The number of benzene rings is 1. The van der Waals surface area contributed by atoms with Crippen LogP contribution in [0.2, 0.25) is 0 Å². The quantitative estimate of drug-likeness (QED) is 0.559. The molecule has 2 nitrogen and oxygen atoms in total. The van der Waals surface area contributed by atoms with Crippen LogP contribution in [0.3, 0.4) is 0 Å². The molecule has 0 aliphatic carbocycles. The van der Waals surface area contributed by atoms with E-state index in [0.717, 1.165) is 0 Å². The van der Waals surface area contributed by atoms with E-state index in [1.54, 1.807) is 12.1 Å². The van der Waals surface area contributed by atoms with Gasteiger partial charge in [-0.25, -0.2) is 4.39 Å². The van der Waals surface area contributed by atoms with Crippen LogP contribution in [-0.2, 0) is 11.3 Å². The van der Waals surface area contributed by atoms with Crippen LogP contribution in [-0.4, -0.2) is 6.61 Å². The summed E-state index contributed by atoms with van der Waals surface area (Å²) in [6.45, 7) is 2.59. The van der Waals surface area contributed by atoms with Crippen molar-refractivity contribution >= 4 is 0 Å². The minimum atomic E-state index is -0.394. The minimum absolute atomic E-state index is 0.224. The molecule has 3 heteroatoms. The van der Waals surface area contributed by atoms with Crippen molar-refractivity contribution in [3.63, 3.8) is 0 Å². The van der Waals surface area contributed by atoms with Gasteiger partial charge in [0.1, 0.15) is 5.82 Å². The van der Waals surface area contributed by atoms with Gasteiger partial charge in [0, 0.05) is 5.56 Å². The topological polar surface area (TPSA) is 33.0 Å². The fourth-order valence-electron chi connectivity index (χ4n) is 1.07. The van der Waals surface area contributed by atoms with Crippen LogP contribution < -0.4 is 0 Å². The Bertz CT molecular complexity index is 393. The monoisotopic (exact) mass is 205 g/mol. The Morgan fingerprint density at radius 3 is 2.93 bits per heavy atom. The van der Waals surface area contributed by atoms with Crippen molar-refractivity contribution in [2.24, 2.45) is 0 Å². The Morgan fingerprint density at radius 1 is 1.53 bits per heavy atom. The molecule has 0 unspecified atom stereocenters. The maximum Gasteiger partial charge on any atom is 0.130 e. The molecule has 0 saturated carbocycles. The smallest absolute Gasteiger partial charge is 0.130 e. The van der Waals surface area contributed by atoms with Gasteiger partial charge in [-0.2, -0.15) is 5.26 Å². The molecule has 78 valence electrons. The molecule has 0 aromatic heterocycles. The van der Waals surface area contributed by atoms with Crippen molar-refractivity contribution in [2.75, 3.05) is 6.61 Å². The van der Waals surface area contributed by atoms with E-state index in [-0.39, 0.29) is 6.61 Å². The lowest BCUT2D eigenvalue weighted by molar-refractivity contribution is 0.146. The average Bonchev–Trinajstić information content (AvgIpc) is 2.26. The van der Waals surface area contributed by atoms with E-state index in [4.69, 9.17) is 10.00 Å². The maximum absolute atomic E-state index is 13.3. The number of nitrogens with zero attached hydrogens (tertiary/aromatic N) is 1. The molecular weight excluding hydrogens is 193 g/mol. The summed E-state index contributed by atoms with van der Waals surface area (Å²) >= 11 is 0. The lowest BCUT2D eigenvalue weighted by Crippen LogP contribution is -1.96. The number of rotatable bonds is 4. The van der Waals surface area contributed by atoms with Crippen LogP contribution in [0.15, 0.2) is 30.4 Å². The third-order valence-electron chi connectivity index (χ3n) is 1.89. The number of hydrogen-bond donors (Lipinski definition) is 0. The van der Waals surface area contributed by atoms with Crippen LogP contribution >= 0.6 is 0 Å². The highest BCUT2D eigenvalue weighted by Crippen LogP contribution is 2.10. The SMILES string of the molecule is CC=CCOCc1ccc(C#N)cc1F. The van der Waals surface area contributed by atoms with Crippen LogP contribution in [0.5, 0.6) is 0 Å². The zero-order valence-electron chi connectivity index (χ0n) is 8.53. The molecule has 0 spiro atoms. The third-order valence-corrected chi connectivity index (χ3v) is 1.89. The van der Waals surface area contributed by atoms with Gasteiger partial charge in [0.15, 0.2) is 0 Å². The molecule has 0 N–H and O–H groups in total. The summed E-state index contributed by atoms with van der Waals surface area (Å²) < 4.78 is 18.5. The van der Waals surface area contributed by atoms with Gasteiger partial charge in [-0.05, 0) is 19.1 Å². The van der Waals surface area contributed by atoms with E-state index < -0.39 is 5.82 Å². The second-order valence-corrected chi connectivity index (χ2v) is 3.00. The van der Waals surface area contributed by atoms with E-state index >= 15 is 0 Å². The van der Waals surface area contributed by atoms with Crippen molar-refractivity contribution in [1.29, 1.82) is 5.26 Å². The van der Waals surface area contributed by atoms with Gasteiger partial charge >= 0.3 is 0 Å². The van der Waals surface area contributed by atoms with Gasteiger partial charge in [-0.1, -0.05) is 18.2 Å². The van der Waals surface area contributed by atoms with E-state index in [9.17, 15) is 4.39 Å². The number of nitriles is 1. The molecule has 0 aliphatic rings. The molecule has 0 heterocycles. The molecule has 1 rings (SSSR count). The van der Waals surface area contributed by atoms with Crippen LogP contribution in [0.4, 0.5) is 4.39 Å². The van der Waals surface area contributed by atoms with Gasteiger partial charge in [0.2, 0.25) is 0 Å². The van der Waals surface area contributed by atoms with Gasteiger partial charge in [0.25, 0.3) is 0 Å². The zero-order valence-corrected chi connectivity index (χ0v) is 8.53. The van der Waals surface area contributed by atoms with E-state index in [2.05, 4.69) is 0 Å². The molecule has 0 bridgehead atoms. The number of halogens is 1. The van der Waals surface area contributed by atoms with Crippen LogP contribution in [0.25, 0.3) is 0 Å². The van der Waals surface area contributed by atoms with Gasteiger partial charge in [-0.15, -0.1) is 0 Å². The molecular formula is C12H12FNO. The largest absolute Gasteiger partial charge is 0.373 e. The normalized spacial score (nSPS) is 10.5. The summed E-state index contributed by atoms with van der Waals surface area (Å²) in [6, 6.07) is 6.25. The molecule has 0 saturated heterocycles. The first-order valence-electron chi connectivity index (χ1n) is 4.65. The van der Waals surface area contributed by atoms with Crippen LogP contribution in [0.1, 0.15) is 18.1 Å². The molecule has 0 atom stereocenters. The van der Waals surface area contributed by atoms with Crippen molar-refractivity contribution < 1.29 is 9.13 Å². The molecule has 0 radical (unpaired) electrons. The number of allylic oxidation sites excluding steroid dienone is 1. The zero-order chi connectivity index (χ0) is 11.1. The lowest BCUT2D eigenvalue weighted by atomic mass is 10.1. The highest BCUT2D eigenvalue weighted by atomic mass is 19.1. The van der Waals surface area contributed by atoms with Crippen LogP contribution in [0, 0.1) is 17.1 Å². The Kier molecular flexibility index (Phi) is 4.52. The lowest BCUT2D eigenvalue weighted by Gasteiger charge is -2.03. The maximum atomic E-state index is 13.3. The van der Waals surface area contributed by atoms with E-state index in [1.165, 1.54) is 6.07 Å². The standard InChI is InChI=1S/C12H12FNO/c1-2-3-6-15-9-11-5-4-10(8-14)7-12(11)13/h2-5,7H,6,9H2,1H3. The second kappa shape index (κ2) is 5.94. The Morgan fingerprint density at radius 2 is 2.33 bits per heavy atom. The Labute approximate surface area is 88.6 Å². The predicted octanol–water partition coefficient (Wildman–Crippen LogP) is 2.79. The fourth-order valence-corrected chi connectivity index (χ4v) is 1.07. The van der Waals surface area contributed by atoms with Gasteiger partial charge < -0.3 is 4.74 Å². The highest BCUT2D eigenvalue weighted by Gasteiger charge is 2.02. The fraction of sp³-hybridized carbons (Fsp3) is 0.250. The minimum Gasteiger partial charge on any atom is -0.373 e. The van der Waals surface area contributed by atoms with Crippen molar-refractivity contribution in [2.45, 2.75) is 13.5 Å². The summed E-state index contributed by atoms with van der Waals surface area (Å²) in [4.78, 5) is 0. The number of ether oxygens (including phenoxy) is 1. The first-order valence-corrected chi connectivity index (χ1v) is 4.65. The molecule has 1 aromatic carbocycles. The van der Waals surface area contributed by atoms with Crippen molar-refractivity contribution in [3.8, 4) is 6.07 Å². The molecule has 0 fully saturated rings. The van der Waals surface area contributed by atoms with Crippen molar-refractivity contribution in [1.82, 2.24) is 0 Å². The average molecular weight is 205 g/mol. The van der Waals surface area contributed by atoms with Gasteiger partial charge in [0.05, 0.1) is 24.8 Å². The van der Waals surface area contributed by atoms with Crippen molar-refractivity contribution in [3.05, 3.63) is 47.3 Å². The molecule has 1 aromatic rings. The first-order chi connectivity index (χ1) is 7.27. The molecule has 0 aliphatic heterocycles. The van der Waals surface area contributed by atoms with E-state index in [1.807, 2.05) is 25.1 Å². The molecule has 0 amide bonds. The first kappa shape index (κ1) is 11.4. The Balaban J connectivity index is 2.59. The predicted molar refractivity (Wildman–Crippen MR) is 55.6 cm³/mol. The number of hydrogen-bond acceptors (Lipinski definition) is 2. The van der Waals surface area contributed by atoms with Gasteiger partial charge in [-0.3, -0.25) is 0 Å². The molecule has 15 heavy (non-hydrogen) atoms. The highest BCUT2D eigenvalue weighted by molar-refractivity contribution is 5.32.